The Morgan fingerprint density at radius 3 is 2.15 bits per heavy atom. The smallest absolute Gasteiger partial charge is 0.407 e. The Morgan fingerprint density at radius 1 is 0.872 bits per heavy atom. The maximum absolute atomic E-state index is 12.8. The normalized spacial score (nSPS) is 11.7. The number of aromatic hydroxyl groups is 1. The number of benzene rings is 3. The monoisotopic (exact) mass is 533 g/mol. The number of carbonyl (C=O) groups excluding carboxylic acids is 3. The van der Waals surface area contributed by atoms with Gasteiger partial charge < -0.3 is 30.5 Å². The van der Waals surface area contributed by atoms with Crippen molar-refractivity contribution >= 4 is 23.7 Å². The minimum absolute atomic E-state index is 0.0579. The molecule has 0 radical (unpaired) electrons. The lowest BCUT2D eigenvalue weighted by molar-refractivity contribution is -0.142. The third-order valence-electron chi connectivity index (χ3n) is 5.67. The summed E-state index contributed by atoms with van der Waals surface area (Å²) in [6.07, 6.45) is -0.212. The van der Waals surface area contributed by atoms with E-state index in [1.807, 2.05) is 75.4 Å². The van der Waals surface area contributed by atoms with E-state index in [9.17, 15) is 19.5 Å². The van der Waals surface area contributed by atoms with E-state index in [0.717, 1.165) is 22.4 Å². The number of hydrogen-bond donors (Lipinski definition) is 4. The average molecular weight is 534 g/mol. The topological polar surface area (TPSA) is 126 Å². The molecule has 0 saturated heterocycles. The number of rotatable bonds is 10. The van der Waals surface area contributed by atoms with Gasteiger partial charge in [0.05, 0.1) is 12.7 Å². The first-order valence-corrected chi connectivity index (χ1v) is 12.6. The van der Waals surface area contributed by atoms with Crippen LogP contribution in [0.3, 0.4) is 0 Å². The third-order valence-corrected chi connectivity index (χ3v) is 5.67. The van der Waals surface area contributed by atoms with E-state index in [1.165, 1.54) is 19.2 Å². The second-order valence-electron chi connectivity index (χ2n) is 10.00. The number of ether oxygens (including phenoxy) is 2. The molecule has 3 aromatic rings. The van der Waals surface area contributed by atoms with Gasteiger partial charge in [0.2, 0.25) is 0 Å². The van der Waals surface area contributed by atoms with Crippen LogP contribution in [0.5, 0.6) is 5.75 Å². The lowest BCUT2D eigenvalue weighted by Gasteiger charge is -2.19. The first-order valence-electron chi connectivity index (χ1n) is 12.6. The summed E-state index contributed by atoms with van der Waals surface area (Å²) in [6, 6.07) is 20.7. The summed E-state index contributed by atoms with van der Waals surface area (Å²) in [5, 5.41) is 19.2. The van der Waals surface area contributed by atoms with Gasteiger partial charge in [-0.25, -0.2) is 9.59 Å². The molecule has 0 aliphatic heterocycles. The Kier molecular flexibility index (Phi) is 9.92. The van der Waals surface area contributed by atoms with Crippen molar-refractivity contribution in [2.45, 2.75) is 51.9 Å². The van der Waals surface area contributed by atoms with E-state index in [4.69, 9.17) is 9.47 Å². The number of amides is 2. The first kappa shape index (κ1) is 29.0. The van der Waals surface area contributed by atoms with Crippen LogP contribution in [0.15, 0.2) is 72.8 Å². The SMILES string of the molecule is COC(=O)[C@H](Cc1ccccc1)NC(=O)c1ccc(CNc2ccc(CNC(=O)OC(C)(C)C)cc2)cc1O. The van der Waals surface area contributed by atoms with Crippen LogP contribution in [-0.2, 0) is 33.8 Å². The van der Waals surface area contributed by atoms with Gasteiger partial charge in [-0.1, -0.05) is 48.5 Å². The van der Waals surface area contributed by atoms with Crippen molar-refractivity contribution in [3.8, 4) is 5.75 Å². The van der Waals surface area contributed by atoms with Crippen molar-refractivity contribution in [3.05, 3.63) is 95.1 Å². The Balaban J connectivity index is 1.55. The highest BCUT2D eigenvalue weighted by Gasteiger charge is 2.24. The summed E-state index contributed by atoms with van der Waals surface area (Å²) in [6.45, 7) is 6.17. The number of nitrogens with one attached hydrogen (secondary N) is 3. The Bertz CT molecular complexity index is 1270. The number of carbonyl (C=O) groups is 3. The van der Waals surface area contributed by atoms with Crippen LogP contribution in [-0.4, -0.2) is 41.8 Å². The second-order valence-corrected chi connectivity index (χ2v) is 10.00. The molecule has 39 heavy (non-hydrogen) atoms. The Morgan fingerprint density at radius 2 is 1.54 bits per heavy atom. The zero-order chi connectivity index (χ0) is 28.4. The Hall–Kier alpha value is -4.53. The minimum atomic E-state index is -0.895. The van der Waals surface area contributed by atoms with Gasteiger partial charge in [-0.15, -0.1) is 0 Å². The third kappa shape index (κ3) is 9.37. The summed E-state index contributed by atoms with van der Waals surface area (Å²) in [4.78, 5) is 36.9. The van der Waals surface area contributed by atoms with E-state index < -0.39 is 29.6 Å². The molecule has 2 amide bonds. The standard InChI is InChI=1S/C30H35N3O6/c1-30(2,3)39-29(37)32-18-21-10-13-23(14-11-21)31-19-22-12-15-24(26(34)17-22)27(35)33-25(28(36)38-4)16-20-8-6-5-7-9-20/h5-15,17,25,31,34H,16,18-19H2,1-4H3,(H,32,37)(H,33,35)/t25-/m0/s1. The summed E-state index contributed by atoms with van der Waals surface area (Å²) in [5.41, 5.74) is 2.89. The molecular weight excluding hydrogens is 498 g/mol. The molecule has 0 unspecified atom stereocenters. The molecule has 206 valence electrons. The zero-order valence-electron chi connectivity index (χ0n) is 22.6. The van der Waals surface area contributed by atoms with Crippen molar-refractivity contribution < 1.29 is 29.0 Å². The van der Waals surface area contributed by atoms with Crippen LogP contribution in [0.1, 0.15) is 47.8 Å². The number of esters is 1. The van der Waals surface area contributed by atoms with Crippen LogP contribution in [0, 0.1) is 0 Å². The lowest BCUT2D eigenvalue weighted by atomic mass is 10.0. The molecule has 0 saturated carbocycles. The largest absolute Gasteiger partial charge is 0.507 e. The van der Waals surface area contributed by atoms with Crippen molar-refractivity contribution in [1.29, 1.82) is 0 Å². The van der Waals surface area contributed by atoms with Crippen molar-refractivity contribution in [1.82, 2.24) is 10.6 Å². The Labute approximate surface area is 228 Å². The van der Waals surface area contributed by atoms with Gasteiger partial charge in [0, 0.05) is 25.2 Å². The lowest BCUT2D eigenvalue weighted by Crippen LogP contribution is -2.43. The summed E-state index contributed by atoms with van der Waals surface area (Å²) >= 11 is 0. The molecule has 0 aliphatic carbocycles. The maximum Gasteiger partial charge on any atom is 0.407 e. The van der Waals surface area contributed by atoms with Crippen LogP contribution in [0.4, 0.5) is 10.5 Å². The molecule has 4 N–H and O–H groups in total. The molecule has 0 aliphatic rings. The highest BCUT2D eigenvalue weighted by molar-refractivity contribution is 5.99. The highest BCUT2D eigenvalue weighted by atomic mass is 16.6. The minimum Gasteiger partial charge on any atom is -0.507 e. The fourth-order valence-electron chi connectivity index (χ4n) is 3.73. The van der Waals surface area contributed by atoms with E-state index >= 15 is 0 Å². The number of phenolic OH excluding ortho intramolecular Hbond substituents is 1. The second kappa shape index (κ2) is 13.3. The summed E-state index contributed by atoms with van der Waals surface area (Å²) in [7, 11) is 1.26. The number of methoxy groups -OCH3 is 1. The van der Waals surface area contributed by atoms with Gasteiger partial charge >= 0.3 is 12.1 Å². The summed E-state index contributed by atoms with van der Waals surface area (Å²) < 4.78 is 10.1. The number of anilines is 1. The van der Waals surface area contributed by atoms with Gasteiger partial charge in [0.1, 0.15) is 17.4 Å². The molecule has 0 bridgehead atoms. The predicted molar refractivity (Wildman–Crippen MR) is 148 cm³/mol. The number of alkyl carbamates (subject to hydrolysis) is 1. The van der Waals surface area contributed by atoms with Gasteiger partial charge in [0.15, 0.2) is 0 Å². The zero-order valence-corrected chi connectivity index (χ0v) is 22.6. The van der Waals surface area contributed by atoms with Gasteiger partial charge in [-0.2, -0.15) is 0 Å². The fraction of sp³-hybridized carbons (Fsp3) is 0.300. The molecule has 1 atom stereocenters. The molecular formula is C30H35N3O6. The van der Waals surface area contributed by atoms with Crippen molar-refractivity contribution in [2.24, 2.45) is 0 Å². The quantitative estimate of drug-likeness (QED) is 0.282. The molecule has 0 aromatic heterocycles. The predicted octanol–water partition coefficient (Wildman–Crippen LogP) is 4.54. The maximum atomic E-state index is 12.8. The molecule has 0 heterocycles. The van der Waals surface area contributed by atoms with Crippen molar-refractivity contribution in [3.63, 3.8) is 0 Å². The molecule has 3 rings (SSSR count). The van der Waals surface area contributed by atoms with Crippen molar-refractivity contribution in [2.75, 3.05) is 12.4 Å². The van der Waals surface area contributed by atoms with E-state index in [0.29, 0.717) is 13.1 Å². The van der Waals surface area contributed by atoms with Gasteiger partial charge in [0.25, 0.3) is 5.91 Å². The van der Waals surface area contributed by atoms with Gasteiger partial charge in [-0.05, 0) is 61.7 Å². The molecule has 9 heteroatoms. The van der Waals surface area contributed by atoms with Gasteiger partial charge in [-0.3, -0.25) is 4.79 Å². The number of phenols is 1. The summed E-state index contributed by atoms with van der Waals surface area (Å²) in [5.74, 6) is -1.34. The number of hydrogen-bond acceptors (Lipinski definition) is 7. The van der Waals surface area contributed by atoms with Crippen LogP contribution in [0.25, 0.3) is 0 Å². The van der Waals surface area contributed by atoms with E-state index in [1.54, 1.807) is 6.07 Å². The van der Waals surface area contributed by atoms with E-state index in [-0.39, 0.29) is 17.7 Å². The molecule has 0 spiro atoms. The van der Waals surface area contributed by atoms with E-state index in [2.05, 4.69) is 16.0 Å². The molecule has 9 nitrogen and oxygen atoms in total. The highest BCUT2D eigenvalue weighted by Crippen LogP contribution is 2.21. The van der Waals surface area contributed by atoms with Crippen LogP contribution in [0.2, 0.25) is 0 Å². The van der Waals surface area contributed by atoms with Crippen LogP contribution >= 0.6 is 0 Å². The molecule has 3 aromatic carbocycles. The first-order chi connectivity index (χ1) is 18.5. The molecule has 0 fully saturated rings. The van der Waals surface area contributed by atoms with Crippen LogP contribution < -0.4 is 16.0 Å². The fourth-order valence-corrected chi connectivity index (χ4v) is 3.73. The average Bonchev–Trinajstić information content (AvgIpc) is 2.90.